The first-order valence-corrected chi connectivity index (χ1v) is 5.12. The fraction of sp³-hybridized carbons (Fsp3) is 0.0909. The van der Waals surface area contributed by atoms with Gasteiger partial charge in [-0.15, -0.1) is 0 Å². The number of ether oxygens (including phenoxy) is 1. The van der Waals surface area contributed by atoms with Crippen LogP contribution in [0.5, 0.6) is 11.6 Å². The molecule has 1 heterocycles. The second-order valence-corrected chi connectivity index (χ2v) is 3.54. The van der Waals surface area contributed by atoms with Crippen LogP contribution in [0, 0.1) is 5.82 Å². The highest BCUT2D eigenvalue weighted by Gasteiger charge is 2.08. The molecule has 4 nitrogen and oxygen atoms in total. The normalized spacial score (nSPS) is 10.3. The zero-order valence-electron chi connectivity index (χ0n) is 8.60. The largest absolute Gasteiger partial charge is 0.436 e. The number of rotatable bonds is 3. The predicted molar refractivity (Wildman–Crippen MR) is 59.4 cm³/mol. The van der Waals surface area contributed by atoms with Crippen LogP contribution >= 0.6 is 11.6 Å². The Labute approximate surface area is 102 Å². The minimum atomic E-state index is -0.705. The van der Waals surface area contributed by atoms with Gasteiger partial charge in [-0.1, -0.05) is 12.1 Å². The maximum Gasteiger partial charge on any atom is 0.260 e. The average molecular weight is 255 g/mol. The van der Waals surface area contributed by atoms with Gasteiger partial charge in [-0.3, -0.25) is 0 Å². The Kier molecular flexibility index (Phi) is 3.51. The first-order chi connectivity index (χ1) is 8.19. The second kappa shape index (κ2) is 5.07. The lowest BCUT2D eigenvalue weighted by Gasteiger charge is -2.06. The van der Waals surface area contributed by atoms with E-state index in [0.717, 1.165) is 6.20 Å². The van der Waals surface area contributed by atoms with Crippen LogP contribution in [0.1, 0.15) is 5.56 Å². The monoisotopic (exact) mass is 254 g/mol. The summed E-state index contributed by atoms with van der Waals surface area (Å²) in [5, 5.41) is 8.85. The molecule has 0 unspecified atom stereocenters. The van der Waals surface area contributed by atoms with Crippen LogP contribution < -0.4 is 4.74 Å². The third-order valence-electron chi connectivity index (χ3n) is 1.98. The molecule has 0 spiro atoms. The van der Waals surface area contributed by atoms with Crippen molar-refractivity contribution in [2.75, 3.05) is 0 Å². The molecule has 0 atom stereocenters. The molecule has 0 aliphatic rings. The zero-order chi connectivity index (χ0) is 12.3. The number of nitrogens with zero attached hydrogens (tertiary/aromatic N) is 2. The quantitative estimate of drug-likeness (QED) is 0.856. The Bertz CT molecular complexity index is 537. The molecular weight excluding hydrogens is 247 g/mol. The van der Waals surface area contributed by atoms with Gasteiger partial charge in [0.25, 0.3) is 5.88 Å². The molecule has 0 aliphatic carbocycles. The average Bonchev–Trinajstić information content (AvgIpc) is 2.34. The minimum Gasteiger partial charge on any atom is -0.436 e. The van der Waals surface area contributed by atoms with Crippen molar-refractivity contribution in [1.82, 2.24) is 9.97 Å². The van der Waals surface area contributed by atoms with E-state index in [9.17, 15) is 4.39 Å². The topological polar surface area (TPSA) is 55.2 Å². The summed E-state index contributed by atoms with van der Waals surface area (Å²) in [5.74, 6) is -0.589. The van der Waals surface area contributed by atoms with Gasteiger partial charge in [0.15, 0.2) is 0 Å². The van der Waals surface area contributed by atoms with Gasteiger partial charge in [-0.05, 0) is 29.3 Å². The smallest absolute Gasteiger partial charge is 0.260 e. The van der Waals surface area contributed by atoms with Crippen molar-refractivity contribution in [2.24, 2.45) is 0 Å². The number of aliphatic hydroxyl groups is 1. The van der Waals surface area contributed by atoms with Crippen LogP contribution in [-0.4, -0.2) is 15.1 Å². The molecule has 0 aliphatic heterocycles. The van der Waals surface area contributed by atoms with Crippen LogP contribution in [-0.2, 0) is 6.61 Å². The fourth-order valence-corrected chi connectivity index (χ4v) is 1.35. The summed E-state index contributed by atoms with van der Waals surface area (Å²) >= 11 is 5.53. The highest BCUT2D eigenvalue weighted by molar-refractivity contribution is 6.28. The summed E-state index contributed by atoms with van der Waals surface area (Å²) in [6.07, 6.45) is 0.931. The lowest BCUT2D eigenvalue weighted by atomic mass is 10.2. The molecule has 2 aromatic rings. The highest BCUT2D eigenvalue weighted by atomic mass is 35.5. The number of hydrogen-bond acceptors (Lipinski definition) is 4. The van der Waals surface area contributed by atoms with Crippen molar-refractivity contribution >= 4 is 11.6 Å². The van der Waals surface area contributed by atoms with E-state index in [-0.39, 0.29) is 17.8 Å². The summed E-state index contributed by atoms with van der Waals surface area (Å²) in [4.78, 5) is 7.09. The van der Waals surface area contributed by atoms with E-state index in [4.69, 9.17) is 21.4 Å². The number of aromatic nitrogens is 2. The van der Waals surface area contributed by atoms with Gasteiger partial charge in [0.2, 0.25) is 11.1 Å². The molecule has 0 amide bonds. The Hall–Kier alpha value is -1.72. The fourth-order valence-electron chi connectivity index (χ4n) is 1.22. The highest BCUT2D eigenvalue weighted by Crippen LogP contribution is 2.23. The van der Waals surface area contributed by atoms with Crippen molar-refractivity contribution in [3.8, 4) is 11.6 Å². The van der Waals surface area contributed by atoms with Crippen LogP contribution in [0.4, 0.5) is 4.39 Å². The summed E-state index contributed by atoms with van der Waals surface area (Å²) in [5.41, 5.74) is 0.656. The Morgan fingerprint density at radius 3 is 3.00 bits per heavy atom. The van der Waals surface area contributed by atoms with Crippen molar-refractivity contribution in [3.05, 3.63) is 47.1 Å². The Morgan fingerprint density at radius 2 is 2.24 bits per heavy atom. The van der Waals surface area contributed by atoms with E-state index >= 15 is 0 Å². The van der Waals surface area contributed by atoms with Gasteiger partial charge in [0.1, 0.15) is 5.75 Å². The zero-order valence-corrected chi connectivity index (χ0v) is 9.36. The van der Waals surface area contributed by atoms with Crippen LogP contribution in [0.15, 0.2) is 30.5 Å². The number of aliphatic hydroxyl groups excluding tert-OH is 1. The van der Waals surface area contributed by atoms with Gasteiger partial charge in [0.05, 0.1) is 12.8 Å². The third-order valence-corrected chi connectivity index (χ3v) is 2.16. The summed E-state index contributed by atoms with van der Waals surface area (Å²) in [7, 11) is 0. The van der Waals surface area contributed by atoms with E-state index in [2.05, 4.69) is 9.97 Å². The molecule has 0 radical (unpaired) electrons. The number of hydrogen-bond donors (Lipinski definition) is 1. The second-order valence-electron chi connectivity index (χ2n) is 3.20. The lowest BCUT2D eigenvalue weighted by molar-refractivity contribution is 0.281. The SMILES string of the molecule is OCc1cccc(Oc2nc(Cl)ncc2F)c1. The van der Waals surface area contributed by atoms with Gasteiger partial charge in [0, 0.05) is 0 Å². The minimum absolute atomic E-state index is 0.0975. The first kappa shape index (κ1) is 11.8. The molecular formula is C11H8ClFN2O2. The van der Waals surface area contributed by atoms with Crippen LogP contribution in [0.3, 0.4) is 0 Å². The summed E-state index contributed by atoms with van der Waals surface area (Å²) in [6, 6.07) is 6.60. The maximum absolute atomic E-state index is 13.3. The predicted octanol–water partition coefficient (Wildman–Crippen LogP) is 2.55. The van der Waals surface area contributed by atoms with E-state index in [1.54, 1.807) is 24.3 Å². The Balaban J connectivity index is 2.27. The van der Waals surface area contributed by atoms with E-state index in [1.807, 2.05) is 0 Å². The molecule has 1 N–H and O–H groups in total. The van der Waals surface area contributed by atoms with E-state index < -0.39 is 5.82 Å². The molecule has 0 saturated heterocycles. The molecule has 1 aromatic heterocycles. The van der Waals surface area contributed by atoms with Gasteiger partial charge < -0.3 is 9.84 Å². The summed E-state index contributed by atoms with van der Waals surface area (Å²) in [6.45, 7) is -0.121. The van der Waals surface area contributed by atoms with Crippen molar-refractivity contribution in [1.29, 1.82) is 0 Å². The van der Waals surface area contributed by atoms with Gasteiger partial charge in [-0.2, -0.15) is 9.37 Å². The van der Waals surface area contributed by atoms with Gasteiger partial charge >= 0.3 is 0 Å². The lowest BCUT2D eigenvalue weighted by Crippen LogP contribution is -1.95. The summed E-state index contributed by atoms with van der Waals surface area (Å²) < 4.78 is 18.5. The molecule has 0 fully saturated rings. The van der Waals surface area contributed by atoms with Crippen LogP contribution in [0.25, 0.3) is 0 Å². The number of benzene rings is 1. The molecule has 88 valence electrons. The van der Waals surface area contributed by atoms with Gasteiger partial charge in [-0.25, -0.2) is 4.98 Å². The molecule has 0 bridgehead atoms. The first-order valence-electron chi connectivity index (χ1n) is 4.75. The van der Waals surface area contributed by atoms with Crippen molar-refractivity contribution < 1.29 is 14.2 Å². The standard InChI is InChI=1S/C11H8ClFN2O2/c12-11-14-5-9(13)10(15-11)17-8-3-1-2-7(4-8)6-16/h1-5,16H,6H2. The van der Waals surface area contributed by atoms with Crippen LogP contribution in [0.2, 0.25) is 5.28 Å². The molecule has 17 heavy (non-hydrogen) atoms. The van der Waals surface area contributed by atoms with E-state index in [1.165, 1.54) is 0 Å². The molecule has 6 heteroatoms. The van der Waals surface area contributed by atoms with E-state index in [0.29, 0.717) is 11.3 Å². The number of halogens is 2. The molecule has 0 saturated carbocycles. The Morgan fingerprint density at radius 1 is 1.41 bits per heavy atom. The third kappa shape index (κ3) is 2.89. The molecule has 1 aromatic carbocycles. The van der Waals surface area contributed by atoms with Crippen molar-refractivity contribution in [2.45, 2.75) is 6.61 Å². The maximum atomic E-state index is 13.3. The van der Waals surface area contributed by atoms with Crippen molar-refractivity contribution in [3.63, 3.8) is 0 Å². The molecule has 2 rings (SSSR count).